The minimum Gasteiger partial charge on any atom is -0.377 e. The number of hydrogen-bond donors (Lipinski definition) is 2. The van der Waals surface area contributed by atoms with Gasteiger partial charge in [0.25, 0.3) is 11.8 Å². The van der Waals surface area contributed by atoms with E-state index in [0.717, 1.165) is 5.56 Å². The fourth-order valence-electron chi connectivity index (χ4n) is 2.35. The highest BCUT2D eigenvalue weighted by molar-refractivity contribution is 7.13. The standard InChI is InChI=1S/C19H17ClN4O3S/c1-27-11-16-23-24-19(28-16)18(26)22-15-7-5-13(6-8-15)17(25)21-10-12-3-2-4-14(20)9-12/h2-9H,10-11H2,1H3,(H,21,25)(H,22,26). The molecular formula is C19H17ClN4O3S. The molecule has 28 heavy (non-hydrogen) atoms. The number of halogens is 1. The van der Waals surface area contributed by atoms with Crippen LogP contribution < -0.4 is 10.6 Å². The Balaban J connectivity index is 1.56. The van der Waals surface area contributed by atoms with E-state index < -0.39 is 0 Å². The van der Waals surface area contributed by atoms with Crippen molar-refractivity contribution < 1.29 is 14.3 Å². The Hall–Kier alpha value is -2.81. The average Bonchev–Trinajstić information content (AvgIpc) is 3.16. The van der Waals surface area contributed by atoms with Crippen molar-refractivity contribution >= 4 is 40.4 Å². The first-order valence-electron chi connectivity index (χ1n) is 8.30. The molecule has 2 aromatic carbocycles. The Morgan fingerprint density at radius 3 is 2.61 bits per heavy atom. The van der Waals surface area contributed by atoms with E-state index in [2.05, 4.69) is 20.8 Å². The second kappa shape index (κ2) is 9.41. The molecule has 2 N–H and O–H groups in total. The van der Waals surface area contributed by atoms with E-state index in [1.165, 1.54) is 11.3 Å². The largest absolute Gasteiger partial charge is 0.377 e. The first-order valence-corrected chi connectivity index (χ1v) is 9.50. The number of carbonyl (C=O) groups is 2. The lowest BCUT2D eigenvalue weighted by Crippen LogP contribution is -2.22. The Morgan fingerprint density at radius 2 is 1.89 bits per heavy atom. The van der Waals surface area contributed by atoms with Crippen molar-refractivity contribution in [1.29, 1.82) is 0 Å². The Bertz CT molecular complexity index is 975. The summed E-state index contributed by atoms with van der Waals surface area (Å²) in [5.74, 6) is -0.579. The predicted octanol–water partition coefficient (Wildman–Crippen LogP) is 3.52. The van der Waals surface area contributed by atoms with E-state index in [1.807, 2.05) is 12.1 Å². The molecule has 0 atom stereocenters. The zero-order valence-corrected chi connectivity index (χ0v) is 16.5. The maximum atomic E-state index is 12.3. The third-order valence-electron chi connectivity index (χ3n) is 3.68. The van der Waals surface area contributed by atoms with E-state index in [1.54, 1.807) is 43.5 Å². The van der Waals surface area contributed by atoms with E-state index in [9.17, 15) is 9.59 Å². The molecule has 0 aliphatic rings. The summed E-state index contributed by atoms with van der Waals surface area (Å²) in [4.78, 5) is 24.5. The van der Waals surface area contributed by atoms with Gasteiger partial charge >= 0.3 is 0 Å². The summed E-state index contributed by atoms with van der Waals surface area (Å²) < 4.78 is 4.96. The van der Waals surface area contributed by atoms with Crippen LogP contribution in [-0.2, 0) is 17.9 Å². The molecule has 1 heterocycles. The molecule has 0 aliphatic heterocycles. The summed E-state index contributed by atoms with van der Waals surface area (Å²) >= 11 is 7.10. The maximum Gasteiger partial charge on any atom is 0.286 e. The van der Waals surface area contributed by atoms with Gasteiger partial charge in [0.15, 0.2) is 0 Å². The summed E-state index contributed by atoms with van der Waals surface area (Å²) in [7, 11) is 1.55. The molecule has 3 rings (SSSR count). The van der Waals surface area contributed by atoms with Crippen LogP contribution in [0.3, 0.4) is 0 Å². The summed E-state index contributed by atoms with van der Waals surface area (Å²) in [6, 6.07) is 13.9. The van der Waals surface area contributed by atoms with Crippen molar-refractivity contribution in [3.8, 4) is 0 Å². The zero-order chi connectivity index (χ0) is 19.9. The Morgan fingerprint density at radius 1 is 1.11 bits per heavy atom. The third-order valence-corrected chi connectivity index (χ3v) is 4.81. The van der Waals surface area contributed by atoms with Crippen molar-refractivity contribution in [2.45, 2.75) is 13.2 Å². The first kappa shape index (κ1) is 19.9. The lowest BCUT2D eigenvalue weighted by molar-refractivity contribution is 0.0950. The molecule has 144 valence electrons. The van der Waals surface area contributed by atoms with Crippen LogP contribution >= 0.6 is 22.9 Å². The Labute approximate surface area is 170 Å². The van der Waals surface area contributed by atoms with Gasteiger partial charge in [0.1, 0.15) is 5.01 Å². The predicted molar refractivity (Wildman–Crippen MR) is 108 cm³/mol. The van der Waals surface area contributed by atoms with Crippen LogP contribution in [0.15, 0.2) is 48.5 Å². The van der Waals surface area contributed by atoms with Crippen molar-refractivity contribution in [3.05, 3.63) is 74.7 Å². The lowest BCUT2D eigenvalue weighted by atomic mass is 10.1. The van der Waals surface area contributed by atoms with Crippen LogP contribution in [0.25, 0.3) is 0 Å². The molecular weight excluding hydrogens is 400 g/mol. The molecule has 2 amide bonds. The van der Waals surface area contributed by atoms with Crippen LogP contribution in [0.4, 0.5) is 5.69 Å². The van der Waals surface area contributed by atoms with Gasteiger partial charge in [-0.05, 0) is 42.0 Å². The highest BCUT2D eigenvalue weighted by Crippen LogP contribution is 2.15. The highest BCUT2D eigenvalue weighted by Gasteiger charge is 2.13. The summed E-state index contributed by atoms with van der Waals surface area (Å²) in [5, 5.41) is 14.8. The maximum absolute atomic E-state index is 12.3. The van der Waals surface area contributed by atoms with Crippen LogP contribution in [-0.4, -0.2) is 29.1 Å². The number of methoxy groups -OCH3 is 1. The number of ether oxygens (including phenoxy) is 1. The van der Waals surface area contributed by atoms with Crippen LogP contribution in [0.2, 0.25) is 5.02 Å². The number of amides is 2. The minimum atomic E-state index is -0.363. The van der Waals surface area contributed by atoms with Crippen molar-refractivity contribution in [1.82, 2.24) is 15.5 Å². The number of hydrogen-bond acceptors (Lipinski definition) is 6. The quantitative estimate of drug-likeness (QED) is 0.614. The normalized spacial score (nSPS) is 10.5. The van der Waals surface area contributed by atoms with E-state index in [4.69, 9.17) is 16.3 Å². The topological polar surface area (TPSA) is 93.2 Å². The number of rotatable bonds is 7. The van der Waals surface area contributed by atoms with Gasteiger partial charge in [-0.15, -0.1) is 10.2 Å². The molecule has 0 bridgehead atoms. The van der Waals surface area contributed by atoms with Crippen molar-refractivity contribution in [2.24, 2.45) is 0 Å². The second-order valence-electron chi connectivity index (χ2n) is 5.78. The van der Waals surface area contributed by atoms with E-state index in [0.29, 0.717) is 34.4 Å². The second-order valence-corrected chi connectivity index (χ2v) is 7.28. The molecule has 0 radical (unpaired) electrons. The smallest absolute Gasteiger partial charge is 0.286 e. The number of nitrogens with zero attached hydrogens (tertiary/aromatic N) is 2. The molecule has 3 aromatic rings. The molecule has 0 saturated carbocycles. The highest BCUT2D eigenvalue weighted by atomic mass is 35.5. The van der Waals surface area contributed by atoms with Gasteiger partial charge in [0.2, 0.25) is 5.01 Å². The number of nitrogens with one attached hydrogen (secondary N) is 2. The molecule has 0 saturated heterocycles. The van der Waals surface area contributed by atoms with Crippen LogP contribution in [0, 0.1) is 0 Å². The zero-order valence-electron chi connectivity index (χ0n) is 14.9. The first-order chi connectivity index (χ1) is 13.5. The lowest BCUT2D eigenvalue weighted by Gasteiger charge is -2.07. The van der Waals surface area contributed by atoms with Gasteiger partial charge in [-0.1, -0.05) is 35.1 Å². The van der Waals surface area contributed by atoms with E-state index in [-0.39, 0.29) is 16.8 Å². The van der Waals surface area contributed by atoms with E-state index >= 15 is 0 Å². The average molecular weight is 417 g/mol. The van der Waals surface area contributed by atoms with Gasteiger partial charge in [-0.25, -0.2) is 0 Å². The Kier molecular flexibility index (Phi) is 6.70. The molecule has 0 fully saturated rings. The molecule has 7 nitrogen and oxygen atoms in total. The summed E-state index contributed by atoms with van der Waals surface area (Å²) in [6.07, 6.45) is 0. The van der Waals surface area contributed by atoms with Gasteiger partial charge in [0.05, 0.1) is 6.61 Å². The third kappa shape index (κ3) is 5.35. The summed E-state index contributed by atoms with van der Waals surface area (Å²) in [5.41, 5.74) is 1.95. The van der Waals surface area contributed by atoms with Gasteiger partial charge in [-0.2, -0.15) is 0 Å². The SMILES string of the molecule is COCc1nnc(C(=O)Nc2ccc(C(=O)NCc3cccc(Cl)c3)cc2)s1. The number of benzene rings is 2. The summed E-state index contributed by atoms with van der Waals surface area (Å²) in [6.45, 7) is 0.683. The molecule has 9 heteroatoms. The van der Waals surface area contributed by atoms with Crippen LogP contribution in [0.5, 0.6) is 0 Å². The fourth-order valence-corrected chi connectivity index (χ4v) is 3.27. The minimum absolute atomic E-state index is 0.216. The molecule has 1 aromatic heterocycles. The van der Waals surface area contributed by atoms with Gasteiger partial charge < -0.3 is 15.4 Å². The number of anilines is 1. The van der Waals surface area contributed by atoms with Crippen molar-refractivity contribution in [3.63, 3.8) is 0 Å². The number of carbonyl (C=O) groups excluding carboxylic acids is 2. The number of aromatic nitrogens is 2. The molecule has 0 aliphatic carbocycles. The van der Waals surface area contributed by atoms with Gasteiger partial charge in [-0.3, -0.25) is 9.59 Å². The molecule has 0 unspecified atom stereocenters. The van der Waals surface area contributed by atoms with Crippen molar-refractivity contribution in [2.75, 3.05) is 12.4 Å². The molecule has 0 spiro atoms. The van der Waals surface area contributed by atoms with Crippen LogP contribution in [0.1, 0.15) is 30.7 Å². The van der Waals surface area contributed by atoms with Gasteiger partial charge in [0, 0.05) is 29.9 Å². The fraction of sp³-hybridized carbons (Fsp3) is 0.158. The monoisotopic (exact) mass is 416 g/mol.